The van der Waals surface area contributed by atoms with Crippen molar-refractivity contribution < 1.29 is 49.1 Å². The summed E-state index contributed by atoms with van der Waals surface area (Å²) in [5.74, 6) is -1.22. The fraction of sp³-hybridized carbons (Fsp3) is 0.278. The third-order valence-corrected chi connectivity index (χ3v) is 5.76. The maximum absolute atomic E-state index is 12.8. The first kappa shape index (κ1) is 30.5. The molecule has 2 rings (SSSR count). The molecule has 0 bridgehead atoms. The topological polar surface area (TPSA) is 144 Å². The van der Waals surface area contributed by atoms with Crippen LogP contribution in [0, 0.1) is 30.6 Å². The smallest absolute Gasteiger partial charge is 0 e. The minimum Gasteiger partial charge on any atom is 0 e. The fourth-order valence-electron chi connectivity index (χ4n) is 2.48. The molecule has 1 aromatic carbocycles. The number of carbonyl (C=O) groups is 1. The van der Waals surface area contributed by atoms with Crippen molar-refractivity contribution in [3.8, 4) is 0 Å². The average molecular weight is 447 g/mol. The molecule has 8 nitrogen and oxygen atoms in total. The molecule has 3 atom stereocenters. The third-order valence-electron chi connectivity index (χ3n) is 3.66. The van der Waals surface area contributed by atoms with Gasteiger partial charge in [-0.15, -0.1) is 0 Å². The van der Waals surface area contributed by atoms with Crippen LogP contribution in [0.5, 0.6) is 0 Å². The zero-order valence-corrected chi connectivity index (χ0v) is 17.0. The molecule has 1 unspecified atom stereocenters. The molecule has 0 saturated heterocycles. The number of hydrogen-bond donors (Lipinski definition) is 0. The van der Waals surface area contributed by atoms with Gasteiger partial charge in [0.15, 0.2) is 15.1 Å². The molecule has 149 valence electrons. The Hall–Kier alpha value is -2.21. The normalized spacial score (nSPS) is 17.3. The molecule has 0 fully saturated rings. The van der Waals surface area contributed by atoms with Crippen molar-refractivity contribution in [3.63, 3.8) is 0 Å². The number of carbonyl (C=O) groups excluding carboxylic acids is 1. The molecule has 0 N–H and O–H groups in total. The Morgan fingerprint density at radius 3 is 1.96 bits per heavy atom. The Kier molecular flexibility index (Phi) is 18.4. The molecular weight excluding hydrogens is 429 g/mol. The summed E-state index contributed by atoms with van der Waals surface area (Å²) in [7, 11) is -2.59. The molecule has 1 aliphatic rings. The Bertz CT molecular complexity index is 784. The molecule has 28 heavy (non-hydrogen) atoms. The van der Waals surface area contributed by atoms with Crippen LogP contribution in [0.4, 0.5) is 0 Å². The first-order valence-electron chi connectivity index (χ1n) is 7.29. The molecule has 0 aromatic heterocycles. The van der Waals surface area contributed by atoms with E-state index in [1.165, 1.54) is 19.2 Å². The van der Waals surface area contributed by atoms with Crippen molar-refractivity contribution in [1.29, 1.82) is 5.46 Å². The van der Waals surface area contributed by atoms with Crippen molar-refractivity contribution in [3.05, 3.63) is 67.9 Å². The van der Waals surface area contributed by atoms with E-state index in [9.17, 15) is 13.2 Å². The van der Waals surface area contributed by atoms with Gasteiger partial charge in [-0.05, 0) is 18.1 Å². The van der Waals surface area contributed by atoms with Crippen LogP contribution < -0.4 is 0 Å². The summed E-state index contributed by atoms with van der Waals surface area (Å²) in [4.78, 5) is 12.3. The van der Waals surface area contributed by atoms with Gasteiger partial charge in [0.1, 0.15) is 0 Å². The molecular formula is C18H18MnNO7S+. The third kappa shape index (κ3) is 8.21. The van der Waals surface area contributed by atoms with Crippen LogP contribution in [-0.4, -0.2) is 26.7 Å². The van der Waals surface area contributed by atoms with Crippen molar-refractivity contribution in [2.75, 3.05) is 7.11 Å². The van der Waals surface area contributed by atoms with Crippen molar-refractivity contribution >= 4 is 15.8 Å². The molecule has 0 spiro atoms. The zero-order valence-electron chi connectivity index (χ0n) is 15.0. The van der Waals surface area contributed by atoms with Gasteiger partial charge in [-0.2, -0.15) is 0 Å². The SMILES string of the molecule is COC(=O)C([C@H]1C=CC=C[C@H]1C)S(=O)(=O)c1ccccc1.N#[O+].[C-]#[O+].[C-]#[O+].[Mn]. The summed E-state index contributed by atoms with van der Waals surface area (Å²) in [5, 5.41) is -1.24. The minimum atomic E-state index is -3.80. The maximum Gasteiger partial charge on any atom is 0 e. The van der Waals surface area contributed by atoms with Gasteiger partial charge in [-0.25, -0.2) is 8.42 Å². The molecule has 1 aliphatic carbocycles. The van der Waals surface area contributed by atoms with Gasteiger partial charge in [-0.3, -0.25) is 4.79 Å². The van der Waals surface area contributed by atoms with E-state index in [1.54, 1.807) is 30.4 Å². The standard InChI is InChI=1S/C16H18O4S.2CO.Mn.NO/c1-12-8-6-7-11-14(12)15(16(17)20-2)21(18,19)13-9-4-3-5-10-13;2*1-2;;1-2/h3-12,14-15H,1-2H3;;;;/q;;;;+1/t12-,14+,15?;;;;/m1..../s1. The van der Waals surface area contributed by atoms with E-state index < -0.39 is 27.0 Å². The molecule has 10 heteroatoms. The van der Waals surface area contributed by atoms with Gasteiger partial charge in [0.25, 0.3) is 0 Å². The predicted octanol–water partition coefficient (Wildman–Crippen LogP) is 2.20. The predicted molar refractivity (Wildman–Crippen MR) is 90.6 cm³/mol. The summed E-state index contributed by atoms with van der Waals surface area (Å²) in [6, 6.07) is 8.01. The number of nitrogens with zero attached hydrogens (tertiary/aromatic N) is 1. The summed E-state index contributed by atoms with van der Waals surface area (Å²) < 4.78 is 52.6. The van der Waals surface area contributed by atoms with Crippen molar-refractivity contribution in [2.24, 2.45) is 11.8 Å². The summed E-state index contributed by atoms with van der Waals surface area (Å²) in [6.07, 6.45) is 7.26. The van der Waals surface area contributed by atoms with Crippen LogP contribution in [0.25, 0.3) is 0 Å². The Morgan fingerprint density at radius 2 is 1.54 bits per heavy atom. The van der Waals surface area contributed by atoms with E-state index in [1.807, 2.05) is 19.1 Å². The molecule has 0 aliphatic heterocycles. The average Bonchev–Trinajstić information content (AvgIpc) is 2.74. The summed E-state index contributed by atoms with van der Waals surface area (Å²) in [6.45, 7) is 10.9. The number of methoxy groups -OCH3 is 1. The van der Waals surface area contributed by atoms with Gasteiger partial charge in [0.2, 0.25) is 0 Å². The van der Waals surface area contributed by atoms with Crippen molar-refractivity contribution in [2.45, 2.75) is 17.1 Å². The van der Waals surface area contributed by atoms with E-state index in [2.05, 4.69) is 13.3 Å². The monoisotopic (exact) mass is 447 g/mol. The quantitative estimate of drug-likeness (QED) is 0.301. The molecule has 1 aromatic rings. The number of rotatable bonds is 4. The van der Waals surface area contributed by atoms with Crippen LogP contribution in [0.1, 0.15) is 6.92 Å². The summed E-state index contributed by atoms with van der Waals surface area (Å²) in [5.41, 5.74) is 5.75. The fourth-order valence-corrected chi connectivity index (χ4v) is 4.41. The van der Waals surface area contributed by atoms with Gasteiger partial charge in [0.05, 0.1) is 12.0 Å². The van der Waals surface area contributed by atoms with Crippen LogP contribution in [-0.2, 0) is 50.5 Å². The maximum atomic E-state index is 12.8. The first-order valence-corrected chi connectivity index (χ1v) is 8.84. The zero-order chi connectivity index (χ0) is 21.5. The molecule has 0 saturated carbocycles. The molecule has 0 heterocycles. The van der Waals surface area contributed by atoms with Gasteiger partial charge < -0.3 is 4.74 Å². The van der Waals surface area contributed by atoms with Crippen LogP contribution >= 0.6 is 0 Å². The second-order valence-electron chi connectivity index (χ2n) is 5.01. The Balaban J connectivity index is -0.000000815. The van der Waals surface area contributed by atoms with Gasteiger partial charge in [-0.1, -0.05) is 49.4 Å². The number of esters is 1. The molecule has 0 amide bonds. The number of benzene rings is 1. The van der Waals surface area contributed by atoms with Crippen LogP contribution in [0.3, 0.4) is 0 Å². The molecule has 1 radical (unpaired) electrons. The number of allylic oxidation sites excluding steroid dienone is 4. The van der Waals surface area contributed by atoms with E-state index in [0.29, 0.717) is 0 Å². The van der Waals surface area contributed by atoms with E-state index in [-0.39, 0.29) is 27.9 Å². The van der Waals surface area contributed by atoms with E-state index in [0.717, 1.165) is 0 Å². The summed E-state index contributed by atoms with van der Waals surface area (Å²) >= 11 is 0. The second kappa shape index (κ2) is 16.9. The largest absolute Gasteiger partial charge is 0 e. The van der Waals surface area contributed by atoms with Crippen LogP contribution in [0.2, 0.25) is 0 Å². The van der Waals surface area contributed by atoms with Gasteiger partial charge >= 0.3 is 38.8 Å². The Labute approximate surface area is 174 Å². The number of ether oxygens (including phenoxy) is 1. The minimum absolute atomic E-state index is 0. The van der Waals surface area contributed by atoms with E-state index in [4.69, 9.17) is 24.3 Å². The second-order valence-corrected chi connectivity index (χ2v) is 7.08. The van der Waals surface area contributed by atoms with Crippen molar-refractivity contribution in [1.82, 2.24) is 0 Å². The Morgan fingerprint density at radius 1 is 1.07 bits per heavy atom. The van der Waals surface area contributed by atoms with E-state index >= 15 is 0 Å². The number of sulfone groups is 1. The number of hydrogen-bond acceptors (Lipinski definition) is 5. The first-order chi connectivity index (χ1) is 13.0. The van der Waals surface area contributed by atoms with Crippen LogP contribution in [0.15, 0.2) is 59.5 Å². The van der Waals surface area contributed by atoms with Gasteiger partial charge in [0, 0.05) is 23.0 Å².